The van der Waals surface area contributed by atoms with Gasteiger partial charge in [0.25, 0.3) is 0 Å². The Kier molecular flexibility index (Phi) is 10.3. The van der Waals surface area contributed by atoms with E-state index < -0.39 is 9.84 Å². The molecule has 1 aromatic rings. The van der Waals surface area contributed by atoms with E-state index in [2.05, 4.69) is 35.8 Å². The monoisotopic (exact) mass is 511 g/mol. The van der Waals surface area contributed by atoms with Crippen LogP contribution in [0.1, 0.15) is 25.8 Å². The fraction of sp³-hybridized carbons (Fsp3) is 0.611. The van der Waals surface area contributed by atoms with Crippen LogP contribution in [0.25, 0.3) is 0 Å². The van der Waals surface area contributed by atoms with Gasteiger partial charge in [0.15, 0.2) is 15.8 Å². The number of nitrogens with one attached hydrogen (secondary N) is 1. The Balaban J connectivity index is 0.00000338. The fourth-order valence-electron chi connectivity index (χ4n) is 2.78. The van der Waals surface area contributed by atoms with Crippen LogP contribution in [0.4, 0.5) is 0 Å². The normalized spacial score (nSPS) is 18.3. The minimum absolute atomic E-state index is 0. The topological polar surface area (TPSA) is 61.8 Å². The van der Waals surface area contributed by atoms with Crippen molar-refractivity contribution >= 4 is 51.5 Å². The fourth-order valence-corrected chi connectivity index (χ4v) is 4.59. The molecule has 8 heteroatoms. The first-order valence-corrected chi connectivity index (χ1v) is 11.8. The first kappa shape index (κ1) is 23.6. The van der Waals surface area contributed by atoms with Gasteiger partial charge in [-0.2, -0.15) is 11.8 Å². The Morgan fingerprint density at radius 2 is 2.00 bits per heavy atom. The van der Waals surface area contributed by atoms with Crippen LogP contribution in [0.3, 0.4) is 0 Å². The van der Waals surface area contributed by atoms with Gasteiger partial charge in [0.1, 0.15) is 0 Å². The molecular weight excluding hydrogens is 481 g/mol. The molecule has 1 saturated heterocycles. The van der Waals surface area contributed by atoms with Crippen LogP contribution >= 0.6 is 35.7 Å². The summed E-state index contributed by atoms with van der Waals surface area (Å²) >= 11 is 2.05. The largest absolute Gasteiger partial charge is 0.357 e. The summed E-state index contributed by atoms with van der Waals surface area (Å²) < 4.78 is 23.0. The average Bonchev–Trinajstić information content (AvgIpc) is 2.61. The number of hydrogen-bond acceptors (Lipinski definition) is 4. The van der Waals surface area contributed by atoms with Crippen molar-refractivity contribution < 1.29 is 8.42 Å². The van der Waals surface area contributed by atoms with Gasteiger partial charge >= 0.3 is 0 Å². The van der Waals surface area contributed by atoms with Gasteiger partial charge in [0.2, 0.25) is 0 Å². The summed E-state index contributed by atoms with van der Waals surface area (Å²) in [6.07, 6.45) is 3.22. The van der Waals surface area contributed by atoms with Crippen molar-refractivity contribution in [2.45, 2.75) is 36.8 Å². The molecule has 0 aliphatic carbocycles. The van der Waals surface area contributed by atoms with E-state index in [9.17, 15) is 8.42 Å². The molecule has 0 bridgehead atoms. The summed E-state index contributed by atoms with van der Waals surface area (Å²) in [4.78, 5) is 7.50. The third kappa shape index (κ3) is 7.26. The predicted molar refractivity (Wildman–Crippen MR) is 123 cm³/mol. The van der Waals surface area contributed by atoms with Crippen molar-refractivity contribution in [3.05, 3.63) is 29.8 Å². The Morgan fingerprint density at radius 3 is 2.58 bits per heavy atom. The van der Waals surface area contributed by atoms with Gasteiger partial charge in [-0.15, -0.1) is 24.0 Å². The molecular formula is C18H30IN3O2S2. The number of rotatable bonds is 6. The van der Waals surface area contributed by atoms with Crippen LogP contribution in [0, 0.1) is 0 Å². The Hall–Kier alpha value is -0.480. The predicted octanol–water partition coefficient (Wildman–Crippen LogP) is 3.04. The van der Waals surface area contributed by atoms with E-state index in [1.54, 1.807) is 12.1 Å². The molecule has 5 nitrogen and oxygen atoms in total. The molecule has 2 rings (SSSR count). The number of nitrogens with zero attached hydrogens (tertiary/aromatic N) is 2. The first-order chi connectivity index (χ1) is 11.9. The van der Waals surface area contributed by atoms with Crippen LogP contribution in [-0.4, -0.2) is 62.7 Å². The molecule has 0 spiro atoms. The van der Waals surface area contributed by atoms with Gasteiger partial charge < -0.3 is 10.2 Å². The molecule has 26 heavy (non-hydrogen) atoms. The average molecular weight is 511 g/mol. The minimum Gasteiger partial charge on any atom is -0.357 e. The van der Waals surface area contributed by atoms with Crippen LogP contribution in [-0.2, 0) is 16.3 Å². The molecule has 148 valence electrons. The Bertz CT molecular complexity index is 678. The lowest BCUT2D eigenvalue weighted by atomic mass is 10.1. The minimum atomic E-state index is -3.13. The van der Waals surface area contributed by atoms with Gasteiger partial charge in [0, 0.05) is 43.4 Å². The van der Waals surface area contributed by atoms with E-state index in [0.29, 0.717) is 16.7 Å². The molecule has 0 aromatic heterocycles. The molecule has 1 aromatic carbocycles. The number of benzene rings is 1. The third-order valence-electron chi connectivity index (χ3n) is 4.24. The number of hydrogen-bond donors (Lipinski definition) is 1. The zero-order valence-electron chi connectivity index (χ0n) is 15.8. The van der Waals surface area contributed by atoms with Gasteiger partial charge in [-0.25, -0.2) is 8.42 Å². The van der Waals surface area contributed by atoms with Gasteiger partial charge in [-0.1, -0.05) is 19.1 Å². The van der Waals surface area contributed by atoms with Crippen molar-refractivity contribution in [3.63, 3.8) is 0 Å². The van der Waals surface area contributed by atoms with Crippen molar-refractivity contribution in [2.24, 2.45) is 4.99 Å². The molecule has 0 radical (unpaired) electrons. The molecule has 0 amide bonds. The Morgan fingerprint density at radius 1 is 1.31 bits per heavy atom. The second kappa shape index (κ2) is 11.4. The van der Waals surface area contributed by atoms with E-state index in [-0.39, 0.29) is 24.0 Å². The number of guanidine groups is 1. The van der Waals surface area contributed by atoms with Gasteiger partial charge in [-0.05, 0) is 37.5 Å². The maximum Gasteiger partial charge on any atom is 0.193 e. The van der Waals surface area contributed by atoms with Crippen molar-refractivity contribution in [2.75, 3.05) is 38.2 Å². The van der Waals surface area contributed by atoms with E-state index in [0.717, 1.165) is 43.3 Å². The maximum atomic E-state index is 11.5. The number of sulfone groups is 1. The van der Waals surface area contributed by atoms with Crippen molar-refractivity contribution in [1.29, 1.82) is 0 Å². The molecule has 1 aliphatic heterocycles. The summed E-state index contributed by atoms with van der Waals surface area (Å²) in [5.41, 5.74) is 1.10. The lowest BCUT2D eigenvalue weighted by Gasteiger charge is -2.34. The number of aliphatic imine (C=N–C) groups is 1. The molecule has 0 saturated carbocycles. The van der Waals surface area contributed by atoms with E-state index >= 15 is 0 Å². The highest BCUT2D eigenvalue weighted by Gasteiger charge is 2.21. The van der Waals surface area contributed by atoms with Gasteiger partial charge in [0.05, 0.1) is 4.90 Å². The van der Waals surface area contributed by atoms with Gasteiger partial charge in [-0.3, -0.25) is 4.99 Å². The lowest BCUT2D eigenvalue weighted by molar-refractivity contribution is 0.408. The standard InChI is InChI=1S/C18H29N3O2S2.HI/c1-4-16-14-21(12-13-24-16)18(19-5-2)20-11-10-15-6-8-17(9-7-15)25(3,22)23;/h6-9,16H,4-5,10-14H2,1-3H3,(H,19,20);1H. The maximum absolute atomic E-state index is 11.5. The number of thioether (sulfide) groups is 1. The highest BCUT2D eigenvalue weighted by Crippen LogP contribution is 2.21. The second-order valence-corrected chi connectivity index (χ2v) is 9.67. The SMILES string of the molecule is CCNC(=NCCc1ccc(S(C)(=O)=O)cc1)N1CCSC(CC)C1.I. The highest BCUT2D eigenvalue weighted by molar-refractivity contribution is 14.0. The molecule has 1 heterocycles. The molecule has 1 unspecified atom stereocenters. The quantitative estimate of drug-likeness (QED) is 0.362. The van der Waals surface area contributed by atoms with Crippen LogP contribution in [0.5, 0.6) is 0 Å². The zero-order valence-corrected chi connectivity index (χ0v) is 19.7. The second-order valence-electron chi connectivity index (χ2n) is 6.25. The summed E-state index contributed by atoms with van der Waals surface area (Å²) in [5.74, 6) is 2.14. The Labute approximate surface area is 179 Å². The van der Waals surface area contributed by atoms with E-state index in [4.69, 9.17) is 4.99 Å². The van der Waals surface area contributed by atoms with Crippen LogP contribution in [0.2, 0.25) is 0 Å². The van der Waals surface area contributed by atoms with Crippen molar-refractivity contribution in [3.8, 4) is 0 Å². The summed E-state index contributed by atoms with van der Waals surface area (Å²) in [7, 11) is -3.13. The molecule has 1 atom stereocenters. The zero-order chi connectivity index (χ0) is 18.3. The first-order valence-electron chi connectivity index (χ1n) is 8.88. The molecule has 1 N–H and O–H groups in total. The summed E-state index contributed by atoms with van der Waals surface area (Å²) in [6.45, 7) is 7.98. The van der Waals surface area contributed by atoms with Crippen LogP contribution < -0.4 is 5.32 Å². The van der Waals surface area contributed by atoms with E-state index in [1.807, 2.05) is 12.1 Å². The number of halogens is 1. The van der Waals surface area contributed by atoms with Crippen LogP contribution in [0.15, 0.2) is 34.2 Å². The summed E-state index contributed by atoms with van der Waals surface area (Å²) in [6, 6.07) is 7.10. The summed E-state index contributed by atoms with van der Waals surface area (Å²) in [5, 5.41) is 4.08. The van der Waals surface area contributed by atoms with E-state index in [1.165, 1.54) is 12.7 Å². The smallest absolute Gasteiger partial charge is 0.193 e. The molecule has 1 fully saturated rings. The lowest BCUT2D eigenvalue weighted by Crippen LogP contribution is -2.48. The van der Waals surface area contributed by atoms with Crippen molar-refractivity contribution in [1.82, 2.24) is 10.2 Å². The third-order valence-corrected chi connectivity index (χ3v) is 6.74. The highest BCUT2D eigenvalue weighted by atomic mass is 127. The molecule has 1 aliphatic rings.